The predicted molar refractivity (Wildman–Crippen MR) is 87.5 cm³/mol. The fourth-order valence-electron chi connectivity index (χ4n) is 2.41. The van der Waals surface area contributed by atoms with Crippen LogP contribution in [-0.4, -0.2) is 31.3 Å². The summed E-state index contributed by atoms with van der Waals surface area (Å²) in [7, 11) is 0. The molecule has 0 aliphatic rings. The van der Waals surface area contributed by atoms with Crippen LogP contribution in [0, 0.1) is 0 Å². The molecule has 1 heterocycles. The summed E-state index contributed by atoms with van der Waals surface area (Å²) in [6, 6.07) is 10.7. The lowest BCUT2D eigenvalue weighted by atomic mass is 10.1. The average Bonchev–Trinajstić information content (AvgIpc) is 3.04. The molecule has 0 bridgehead atoms. The van der Waals surface area contributed by atoms with Crippen molar-refractivity contribution in [3.05, 3.63) is 47.8 Å². The van der Waals surface area contributed by atoms with E-state index in [1.807, 2.05) is 24.3 Å². The van der Waals surface area contributed by atoms with Crippen LogP contribution in [-0.2, 0) is 17.9 Å². The van der Waals surface area contributed by atoms with E-state index in [1.54, 1.807) is 16.8 Å². The number of esters is 1. The maximum absolute atomic E-state index is 12.3. The van der Waals surface area contributed by atoms with Crippen LogP contribution >= 0.6 is 0 Å². The van der Waals surface area contributed by atoms with Crippen molar-refractivity contribution in [2.75, 3.05) is 0 Å². The van der Waals surface area contributed by atoms with E-state index in [4.69, 9.17) is 4.74 Å². The molecule has 0 radical (unpaired) electrons. The summed E-state index contributed by atoms with van der Waals surface area (Å²) in [4.78, 5) is 12.3. The highest BCUT2D eigenvalue weighted by atomic mass is 16.5. The molecule has 7 heteroatoms. The quantitative estimate of drug-likeness (QED) is 0.700. The predicted octanol–water partition coefficient (Wildman–Crippen LogP) is 2.69. The van der Waals surface area contributed by atoms with E-state index in [0.717, 1.165) is 23.6 Å². The summed E-state index contributed by atoms with van der Waals surface area (Å²) in [5, 5.41) is 23.1. The van der Waals surface area contributed by atoms with Crippen LogP contribution in [0.5, 0.6) is 5.75 Å². The molecule has 2 aromatic carbocycles. The molecule has 0 unspecified atom stereocenters. The molecule has 0 spiro atoms. The summed E-state index contributed by atoms with van der Waals surface area (Å²) in [6.45, 7) is 2.71. The number of rotatable bonds is 6. The normalized spacial score (nSPS) is 10.9. The first-order valence-electron chi connectivity index (χ1n) is 7.83. The number of aromatic hydroxyl groups is 1. The Morgan fingerprint density at radius 1 is 1.25 bits per heavy atom. The Labute approximate surface area is 138 Å². The van der Waals surface area contributed by atoms with Gasteiger partial charge in [0.2, 0.25) is 0 Å². The second-order valence-electron chi connectivity index (χ2n) is 5.46. The van der Waals surface area contributed by atoms with Gasteiger partial charge in [-0.3, -0.25) is 0 Å². The molecule has 0 saturated carbocycles. The molecule has 0 saturated heterocycles. The van der Waals surface area contributed by atoms with Gasteiger partial charge in [0.1, 0.15) is 11.3 Å². The number of aromatic nitrogens is 4. The molecular formula is C17H18N4O3. The first kappa shape index (κ1) is 15.9. The first-order valence-corrected chi connectivity index (χ1v) is 7.83. The van der Waals surface area contributed by atoms with Gasteiger partial charge < -0.3 is 9.84 Å². The van der Waals surface area contributed by atoms with E-state index in [0.29, 0.717) is 12.4 Å². The van der Waals surface area contributed by atoms with Crippen LogP contribution in [0.1, 0.15) is 35.9 Å². The van der Waals surface area contributed by atoms with E-state index in [2.05, 4.69) is 22.4 Å². The zero-order valence-corrected chi connectivity index (χ0v) is 13.3. The third kappa shape index (κ3) is 3.34. The molecule has 0 amide bonds. The third-order valence-electron chi connectivity index (χ3n) is 3.75. The summed E-state index contributed by atoms with van der Waals surface area (Å²) < 4.78 is 6.88. The third-order valence-corrected chi connectivity index (χ3v) is 3.75. The van der Waals surface area contributed by atoms with Crippen LogP contribution in [0.3, 0.4) is 0 Å². The SMILES string of the molecule is CCCCn1nnnc1COC(=O)c1cc2ccccc2cc1O. The molecular weight excluding hydrogens is 308 g/mol. The van der Waals surface area contributed by atoms with E-state index in [9.17, 15) is 9.90 Å². The van der Waals surface area contributed by atoms with Crippen LogP contribution in [0.2, 0.25) is 0 Å². The fourth-order valence-corrected chi connectivity index (χ4v) is 2.41. The van der Waals surface area contributed by atoms with Gasteiger partial charge in [-0.2, -0.15) is 0 Å². The van der Waals surface area contributed by atoms with Gasteiger partial charge in [-0.15, -0.1) is 5.10 Å². The summed E-state index contributed by atoms with van der Waals surface area (Å²) >= 11 is 0. The summed E-state index contributed by atoms with van der Waals surface area (Å²) in [5.74, 6) is -0.232. The molecule has 0 aliphatic carbocycles. The zero-order chi connectivity index (χ0) is 16.9. The Kier molecular flexibility index (Phi) is 4.69. The Morgan fingerprint density at radius 3 is 2.75 bits per heavy atom. The van der Waals surface area contributed by atoms with Gasteiger partial charge in [0, 0.05) is 6.54 Å². The number of nitrogens with zero attached hydrogens (tertiary/aromatic N) is 4. The Morgan fingerprint density at radius 2 is 2.00 bits per heavy atom. The van der Waals surface area contributed by atoms with E-state index in [-0.39, 0.29) is 17.9 Å². The van der Waals surface area contributed by atoms with Crippen molar-refractivity contribution < 1.29 is 14.6 Å². The van der Waals surface area contributed by atoms with Gasteiger partial charge >= 0.3 is 5.97 Å². The number of hydrogen-bond acceptors (Lipinski definition) is 6. The van der Waals surface area contributed by atoms with E-state index in [1.165, 1.54) is 0 Å². The zero-order valence-electron chi connectivity index (χ0n) is 13.3. The van der Waals surface area contributed by atoms with E-state index < -0.39 is 5.97 Å². The van der Waals surface area contributed by atoms with Crippen LogP contribution < -0.4 is 0 Å². The number of unbranched alkanes of at least 4 members (excludes halogenated alkanes) is 1. The average molecular weight is 326 g/mol. The topological polar surface area (TPSA) is 90.1 Å². The van der Waals surface area contributed by atoms with Crippen molar-refractivity contribution in [1.82, 2.24) is 20.2 Å². The molecule has 24 heavy (non-hydrogen) atoms. The van der Waals surface area contributed by atoms with Gasteiger partial charge in [-0.1, -0.05) is 37.6 Å². The van der Waals surface area contributed by atoms with Gasteiger partial charge in [0.25, 0.3) is 0 Å². The van der Waals surface area contributed by atoms with Gasteiger partial charge in [0.15, 0.2) is 12.4 Å². The molecule has 3 rings (SSSR count). The summed E-state index contributed by atoms with van der Waals surface area (Å²) in [6.07, 6.45) is 1.96. The van der Waals surface area contributed by atoms with Crippen molar-refractivity contribution in [2.24, 2.45) is 0 Å². The molecule has 0 atom stereocenters. The van der Waals surface area contributed by atoms with Crippen LogP contribution in [0.4, 0.5) is 0 Å². The van der Waals surface area contributed by atoms with E-state index >= 15 is 0 Å². The molecule has 1 N–H and O–H groups in total. The Balaban J connectivity index is 1.73. The monoisotopic (exact) mass is 326 g/mol. The lowest BCUT2D eigenvalue weighted by Crippen LogP contribution is -2.11. The number of fused-ring (bicyclic) bond motifs is 1. The smallest absolute Gasteiger partial charge is 0.342 e. The number of carbonyl (C=O) groups excluding carboxylic acids is 1. The second kappa shape index (κ2) is 7.08. The maximum Gasteiger partial charge on any atom is 0.342 e. The van der Waals surface area contributed by atoms with Crippen LogP contribution in [0.15, 0.2) is 36.4 Å². The summed E-state index contributed by atoms with van der Waals surface area (Å²) in [5.41, 5.74) is 0.126. The number of hydrogen-bond donors (Lipinski definition) is 1. The number of ether oxygens (including phenoxy) is 1. The number of phenols is 1. The van der Waals surface area contributed by atoms with Gasteiger partial charge in [-0.25, -0.2) is 9.48 Å². The van der Waals surface area contributed by atoms with Gasteiger partial charge in [0.05, 0.1) is 0 Å². The van der Waals surface area contributed by atoms with Gasteiger partial charge in [-0.05, 0) is 39.8 Å². The largest absolute Gasteiger partial charge is 0.507 e. The standard InChI is InChI=1S/C17H18N4O3/c1-2-3-8-21-16(18-19-20-21)11-24-17(23)14-9-12-6-4-5-7-13(12)10-15(14)22/h4-7,9-10,22H,2-3,8,11H2,1H3. The Bertz CT molecular complexity index is 860. The van der Waals surface area contributed by atoms with Crippen molar-refractivity contribution in [3.63, 3.8) is 0 Å². The highest BCUT2D eigenvalue weighted by Crippen LogP contribution is 2.25. The van der Waals surface area contributed by atoms with Crippen molar-refractivity contribution in [1.29, 1.82) is 0 Å². The number of phenolic OH excluding ortho intramolecular Hbond substituents is 1. The first-order chi connectivity index (χ1) is 11.7. The number of tetrazole rings is 1. The van der Waals surface area contributed by atoms with Crippen molar-refractivity contribution in [3.8, 4) is 5.75 Å². The molecule has 1 aromatic heterocycles. The number of benzene rings is 2. The van der Waals surface area contributed by atoms with Crippen molar-refractivity contribution in [2.45, 2.75) is 32.9 Å². The van der Waals surface area contributed by atoms with Crippen LogP contribution in [0.25, 0.3) is 10.8 Å². The highest BCUT2D eigenvalue weighted by molar-refractivity contribution is 5.98. The van der Waals surface area contributed by atoms with Crippen molar-refractivity contribution >= 4 is 16.7 Å². The second-order valence-corrected chi connectivity index (χ2v) is 5.46. The maximum atomic E-state index is 12.3. The minimum absolute atomic E-state index is 0.0399. The molecule has 3 aromatic rings. The molecule has 0 aliphatic heterocycles. The number of aryl methyl sites for hydroxylation is 1. The lowest BCUT2D eigenvalue weighted by Gasteiger charge is -2.08. The lowest BCUT2D eigenvalue weighted by molar-refractivity contribution is 0.0453. The number of carbonyl (C=O) groups is 1. The minimum atomic E-state index is -0.608. The molecule has 124 valence electrons. The minimum Gasteiger partial charge on any atom is -0.507 e. The fraction of sp³-hybridized carbons (Fsp3) is 0.294. The molecule has 7 nitrogen and oxygen atoms in total. The molecule has 0 fully saturated rings. The Hall–Kier alpha value is -2.96. The highest BCUT2D eigenvalue weighted by Gasteiger charge is 2.16.